The highest BCUT2D eigenvalue weighted by Crippen LogP contribution is 2.60. The summed E-state index contributed by atoms with van der Waals surface area (Å²) in [7, 11) is 0. The van der Waals surface area contributed by atoms with Gasteiger partial charge in [-0.25, -0.2) is 0 Å². The molecule has 9 heteroatoms. The number of fused-ring (bicyclic) bond motifs is 1. The van der Waals surface area contributed by atoms with E-state index in [2.05, 4.69) is 36.0 Å². The number of benzene rings is 1. The fourth-order valence-corrected chi connectivity index (χ4v) is 7.99. The van der Waals surface area contributed by atoms with Crippen molar-refractivity contribution in [2.24, 2.45) is 11.8 Å². The van der Waals surface area contributed by atoms with Gasteiger partial charge in [-0.05, 0) is 31.2 Å². The summed E-state index contributed by atoms with van der Waals surface area (Å²) in [5.74, 6) is -1.86. The second-order valence-corrected chi connectivity index (χ2v) is 12.9. The number of halogens is 1. The maximum Gasteiger partial charge on any atom is 0.248 e. The zero-order valence-electron chi connectivity index (χ0n) is 24.8. The SMILES string of the molecule is C=CCN(CCCC)C(=O)C1N(CCCCCCO)C(=O)[C@@H]2[C@@H](C(=O)N(CC=C)Cc3ccccc3)[C@@H]3OC12CC3Br. The van der Waals surface area contributed by atoms with Gasteiger partial charge in [-0.1, -0.05) is 84.6 Å². The lowest BCUT2D eigenvalue weighted by Gasteiger charge is -2.37. The van der Waals surface area contributed by atoms with Crippen LogP contribution in [0, 0.1) is 11.8 Å². The Morgan fingerprint density at radius 1 is 1.07 bits per heavy atom. The molecular weight excluding hydrogens is 598 g/mol. The van der Waals surface area contributed by atoms with E-state index in [1.807, 2.05) is 30.3 Å². The van der Waals surface area contributed by atoms with Gasteiger partial charge < -0.3 is 24.5 Å². The molecule has 1 spiro atoms. The van der Waals surface area contributed by atoms with Crippen LogP contribution in [0.2, 0.25) is 0 Å². The first kappa shape index (κ1) is 32.4. The highest BCUT2D eigenvalue weighted by atomic mass is 79.9. The van der Waals surface area contributed by atoms with Crippen molar-refractivity contribution in [2.75, 3.05) is 32.8 Å². The summed E-state index contributed by atoms with van der Waals surface area (Å²) < 4.78 is 6.73. The number of alkyl halides is 1. The van der Waals surface area contributed by atoms with Crippen LogP contribution in [0.25, 0.3) is 0 Å². The van der Waals surface area contributed by atoms with E-state index in [-0.39, 0.29) is 29.2 Å². The Kier molecular flexibility index (Phi) is 11.4. The predicted octanol–water partition coefficient (Wildman–Crippen LogP) is 4.32. The number of hydrogen-bond donors (Lipinski definition) is 1. The van der Waals surface area contributed by atoms with E-state index in [4.69, 9.17) is 4.74 Å². The summed E-state index contributed by atoms with van der Waals surface area (Å²) in [4.78, 5) is 48.2. The number of nitrogens with zero attached hydrogens (tertiary/aromatic N) is 3. The van der Waals surface area contributed by atoms with Gasteiger partial charge in [0.25, 0.3) is 0 Å². The van der Waals surface area contributed by atoms with Crippen molar-refractivity contribution in [3.05, 3.63) is 61.2 Å². The van der Waals surface area contributed by atoms with Crippen molar-refractivity contribution in [1.82, 2.24) is 14.7 Å². The van der Waals surface area contributed by atoms with Crippen LogP contribution in [0.4, 0.5) is 0 Å². The number of carbonyl (C=O) groups is 3. The molecular formula is C33H46BrN3O5. The molecule has 3 saturated heterocycles. The molecule has 1 aromatic carbocycles. The molecule has 3 amide bonds. The maximum atomic E-state index is 14.4. The van der Waals surface area contributed by atoms with Crippen molar-refractivity contribution in [3.8, 4) is 0 Å². The number of ether oxygens (including phenoxy) is 1. The van der Waals surface area contributed by atoms with Crippen molar-refractivity contribution < 1.29 is 24.2 Å². The Morgan fingerprint density at radius 3 is 2.43 bits per heavy atom. The lowest BCUT2D eigenvalue weighted by Crippen LogP contribution is -2.57. The highest BCUT2D eigenvalue weighted by Gasteiger charge is 2.76. The van der Waals surface area contributed by atoms with Gasteiger partial charge in [0.2, 0.25) is 17.7 Å². The minimum Gasteiger partial charge on any atom is -0.396 e. The Bertz CT molecular complexity index is 1120. The van der Waals surface area contributed by atoms with E-state index in [9.17, 15) is 19.5 Å². The molecule has 42 heavy (non-hydrogen) atoms. The molecule has 1 N–H and O–H groups in total. The zero-order chi connectivity index (χ0) is 30.3. The second-order valence-electron chi connectivity index (χ2n) is 11.8. The predicted molar refractivity (Wildman–Crippen MR) is 167 cm³/mol. The van der Waals surface area contributed by atoms with Gasteiger partial charge in [0.05, 0.1) is 17.9 Å². The van der Waals surface area contributed by atoms with E-state index < -0.39 is 29.6 Å². The molecule has 0 radical (unpaired) electrons. The number of aliphatic hydroxyl groups excluding tert-OH is 1. The topological polar surface area (TPSA) is 90.4 Å². The van der Waals surface area contributed by atoms with E-state index >= 15 is 0 Å². The maximum absolute atomic E-state index is 14.4. The number of rotatable bonds is 17. The lowest BCUT2D eigenvalue weighted by atomic mass is 9.70. The molecule has 3 unspecified atom stereocenters. The second kappa shape index (κ2) is 14.8. The fourth-order valence-electron chi connectivity index (χ4n) is 7.05. The molecule has 8 nitrogen and oxygen atoms in total. The molecule has 6 atom stereocenters. The van der Waals surface area contributed by atoms with E-state index in [1.165, 1.54) is 0 Å². The summed E-state index contributed by atoms with van der Waals surface area (Å²) in [5, 5.41) is 9.19. The molecule has 3 heterocycles. The van der Waals surface area contributed by atoms with Crippen LogP contribution in [0.1, 0.15) is 57.4 Å². The van der Waals surface area contributed by atoms with Crippen LogP contribution in [-0.2, 0) is 25.7 Å². The van der Waals surface area contributed by atoms with Crippen molar-refractivity contribution in [2.45, 2.75) is 81.0 Å². The smallest absolute Gasteiger partial charge is 0.248 e. The van der Waals surface area contributed by atoms with Crippen LogP contribution >= 0.6 is 15.9 Å². The van der Waals surface area contributed by atoms with Gasteiger partial charge in [-0.15, -0.1) is 13.2 Å². The van der Waals surface area contributed by atoms with Gasteiger partial charge in [0.15, 0.2) is 0 Å². The van der Waals surface area contributed by atoms with Crippen LogP contribution < -0.4 is 0 Å². The number of unbranched alkanes of at least 4 members (excludes halogenated alkanes) is 4. The van der Waals surface area contributed by atoms with Gasteiger partial charge in [0.1, 0.15) is 11.6 Å². The summed E-state index contributed by atoms with van der Waals surface area (Å²) >= 11 is 3.79. The van der Waals surface area contributed by atoms with Gasteiger partial charge in [-0.3, -0.25) is 14.4 Å². The first-order valence-corrected chi connectivity index (χ1v) is 16.3. The zero-order valence-corrected chi connectivity index (χ0v) is 26.4. The number of hydrogen-bond acceptors (Lipinski definition) is 5. The Labute approximate surface area is 258 Å². The Hall–Kier alpha value is -2.49. The van der Waals surface area contributed by atoms with E-state index in [1.54, 1.807) is 26.9 Å². The molecule has 0 saturated carbocycles. The lowest BCUT2D eigenvalue weighted by molar-refractivity contribution is -0.148. The average molecular weight is 645 g/mol. The molecule has 4 rings (SSSR count). The number of aliphatic hydroxyl groups is 1. The van der Waals surface area contributed by atoms with Gasteiger partial charge >= 0.3 is 0 Å². The van der Waals surface area contributed by atoms with Crippen molar-refractivity contribution in [1.29, 1.82) is 0 Å². The van der Waals surface area contributed by atoms with Crippen LogP contribution in [0.3, 0.4) is 0 Å². The summed E-state index contributed by atoms with van der Waals surface area (Å²) in [6.45, 7) is 12.1. The third kappa shape index (κ3) is 6.38. The van der Waals surface area contributed by atoms with Crippen LogP contribution in [-0.4, -0.2) is 92.9 Å². The van der Waals surface area contributed by atoms with Gasteiger partial charge in [-0.2, -0.15) is 0 Å². The fraction of sp³-hybridized carbons (Fsp3) is 0.606. The van der Waals surface area contributed by atoms with Gasteiger partial charge in [0, 0.05) is 44.2 Å². The molecule has 230 valence electrons. The summed E-state index contributed by atoms with van der Waals surface area (Å²) in [6.07, 6.45) is 8.32. The minimum atomic E-state index is -1.07. The van der Waals surface area contributed by atoms with Crippen molar-refractivity contribution >= 4 is 33.7 Å². The normalized spacial score (nSPS) is 27.6. The third-order valence-electron chi connectivity index (χ3n) is 8.94. The Balaban J connectivity index is 1.68. The molecule has 2 bridgehead atoms. The molecule has 3 fully saturated rings. The first-order valence-electron chi connectivity index (χ1n) is 15.4. The quantitative estimate of drug-likeness (QED) is 0.155. The third-order valence-corrected chi connectivity index (χ3v) is 9.78. The van der Waals surface area contributed by atoms with Crippen LogP contribution in [0.5, 0.6) is 0 Å². The van der Waals surface area contributed by atoms with E-state index in [0.29, 0.717) is 52.0 Å². The molecule has 3 aliphatic rings. The molecule has 3 aliphatic heterocycles. The van der Waals surface area contributed by atoms with Crippen molar-refractivity contribution in [3.63, 3.8) is 0 Å². The molecule has 0 aromatic heterocycles. The van der Waals surface area contributed by atoms with Crippen LogP contribution in [0.15, 0.2) is 55.6 Å². The van der Waals surface area contributed by atoms with E-state index in [0.717, 1.165) is 31.2 Å². The average Bonchev–Trinajstić information content (AvgIpc) is 3.58. The number of amides is 3. The number of likely N-dealkylation sites (tertiary alicyclic amines) is 1. The molecule has 0 aliphatic carbocycles. The monoisotopic (exact) mass is 643 g/mol. The summed E-state index contributed by atoms with van der Waals surface area (Å²) in [5.41, 5.74) is -0.0791. The highest BCUT2D eigenvalue weighted by molar-refractivity contribution is 9.09. The summed E-state index contributed by atoms with van der Waals surface area (Å²) in [6, 6.07) is 8.99. The first-order chi connectivity index (χ1) is 20.3. The minimum absolute atomic E-state index is 0.129. The largest absolute Gasteiger partial charge is 0.396 e. The Morgan fingerprint density at radius 2 is 1.76 bits per heavy atom. The molecule has 1 aromatic rings. The standard InChI is InChI=1S/C33H46BrN3O5/c1-4-7-19-35(17-5-2)32(41)29-33-22-25(34)28(42-33)26(27(33)31(40)37(29)20-13-8-9-14-21-38)30(39)36(18-6-3)23-24-15-11-10-12-16-24/h5-6,10-12,15-16,25-29,38H,2-4,7-9,13-14,17-23H2,1H3/t25?,26-,27+,28-,29?,33?/m1/s1. The number of carbonyl (C=O) groups excluding carboxylic acids is 3.